The Kier molecular flexibility index (Phi) is 6.26. The number of hydrogen-bond acceptors (Lipinski definition) is 5. The monoisotopic (exact) mass is 356 g/mol. The second-order valence-electron chi connectivity index (χ2n) is 5.52. The van der Waals surface area contributed by atoms with Gasteiger partial charge in [0.05, 0.1) is 17.9 Å². The SMILES string of the molecule is Cc1nn(-c2ccccc2)c(C)c1/C=C/C(=O)OCC(=O)NCC(N)=O. The van der Waals surface area contributed by atoms with E-state index in [4.69, 9.17) is 10.5 Å². The molecule has 26 heavy (non-hydrogen) atoms. The van der Waals surface area contributed by atoms with E-state index in [1.807, 2.05) is 44.2 Å². The first kappa shape index (κ1) is 18.9. The van der Waals surface area contributed by atoms with E-state index in [-0.39, 0.29) is 6.54 Å². The number of amides is 2. The number of rotatable bonds is 7. The maximum absolute atomic E-state index is 11.8. The standard InChI is InChI=1S/C18H20N4O4/c1-12-15(13(2)22(21-12)14-6-4-3-5-7-14)8-9-18(25)26-11-17(24)20-10-16(19)23/h3-9H,10-11H2,1-2H3,(H2,19,23)(H,20,24)/b9-8+. The average Bonchev–Trinajstić information content (AvgIpc) is 2.91. The van der Waals surface area contributed by atoms with Crippen LogP contribution in [0.1, 0.15) is 17.0 Å². The van der Waals surface area contributed by atoms with Gasteiger partial charge in [-0.1, -0.05) is 18.2 Å². The second kappa shape index (κ2) is 8.61. The lowest BCUT2D eigenvalue weighted by Gasteiger charge is -2.04. The van der Waals surface area contributed by atoms with E-state index in [2.05, 4.69) is 10.4 Å². The van der Waals surface area contributed by atoms with E-state index in [1.54, 1.807) is 10.8 Å². The molecule has 0 spiro atoms. The molecule has 8 heteroatoms. The Hall–Kier alpha value is -3.42. The lowest BCUT2D eigenvalue weighted by molar-refractivity contribution is -0.143. The van der Waals surface area contributed by atoms with Gasteiger partial charge in [0.25, 0.3) is 5.91 Å². The summed E-state index contributed by atoms with van der Waals surface area (Å²) in [5, 5.41) is 6.70. The van der Waals surface area contributed by atoms with Crippen molar-refractivity contribution in [3.05, 3.63) is 53.4 Å². The van der Waals surface area contributed by atoms with Gasteiger partial charge in [0.1, 0.15) is 0 Å². The normalized spacial score (nSPS) is 10.7. The molecule has 1 heterocycles. The molecule has 0 bridgehead atoms. The molecular formula is C18H20N4O4. The number of ether oxygens (including phenoxy) is 1. The van der Waals surface area contributed by atoms with Gasteiger partial charge in [-0.05, 0) is 32.1 Å². The number of esters is 1. The van der Waals surface area contributed by atoms with E-state index in [0.29, 0.717) is 0 Å². The Labute approximate surface area is 150 Å². The highest BCUT2D eigenvalue weighted by Gasteiger charge is 2.11. The van der Waals surface area contributed by atoms with E-state index < -0.39 is 24.4 Å². The molecule has 0 aliphatic heterocycles. The minimum atomic E-state index is -0.675. The summed E-state index contributed by atoms with van der Waals surface area (Å²) >= 11 is 0. The molecule has 1 aromatic heterocycles. The fourth-order valence-corrected chi connectivity index (χ4v) is 2.29. The minimum Gasteiger partial charge on any atom is -0.452 e. The highest BCUT2D eigenvalue weighted by atomic mass is 16.5. The molecule has 8 nitrogen and oxygen atoms in total. The number of hydrogen-bond donors (Lipinski definition) is 2. The Morgan fingerprint density at radius 1 is 1.23 bits per heavy atom. The number of nitrogens with two attached hydrogens (primary N) is 1. The molecule has 2 amide bonds. The summed E-state index contributed by atoms with van der Waals surface area (Å²) in [6, 6.07) is 9.63. The van der Waals surface area contributed by atoms with Gasteiger partial charge < -0.3 is 15.8 Å². The molecule has 0 atom stereocenters. The number of primary amides is 1. The smallest absolute Gasteiger partial charge is 0.331 e. The van der Waals surface area contributed by atoms with Crippen LogP contribution in [0, 0.1) is 13.8 Å². The van der Waals surface area contributed by atoms with Crippen LogP contribution in [0.25, 0.3) is 11.8 Å². The number of nitrogens with one attached hydrogen (secondary N) is 1. The largest absolute Gasteiger partial charge is 0.452 e. The number of carbonyl (C=O) groups excluding carboxylic acids is 3. The second-order valence-corrected chi connectivity index (χ2v) is 5.52. The maximum atomic E-state index is 11.8. The highest BCUT2D eigenvalue weighted by Crippen LogP contribution is 2.19. The molecule has 0 fully saturated rings. The first-order chi connectivity index (χ1) is 12.4. The number of benzene rings is 1. The fraction of sp³-hybridized carbons (Fsp3) is 0.222. The quantitative estimate of drug-likeness (QED) is 0.558. The lowest BCUT2D eigenvalue weighted by atomic mass is 10.2. The third-order valence-corrected chi connectivity index (χ3v) is 3.54. The van der Waals surface area contributed by atoms with Crippen molar-refractivity contribution in [3.63, 3.8) is 0 Å². The molecule has 3 N–H and O–H groups in total. The van der Waals surface area contributed by atoms with E-state index in [0.717, 1.165) is 22.6 Å². The van der Waals surface area contributed by atoms with Crippen LogP contribution in [0.15, 0.2) is 36.4 Å². The van der Waals surface area contributed by atoms with Gasteiger partial charge in [0.15, 0.2) is 6.61 Å². The predicted octanol–water partition coefficient (Wildman–Crippen LogP) is 0.647. The molecule has 0 saturated heterocycles. The third kappa shape index (κ3) is 5.04. The Bertz CT molecular complexity index is 840. The van der Waals surface area contributed by atoms with Gasteiger partial charge in [0.2, 0.25) is 5.91 Å². The zero-order valence-electron chi connectivity index (χ0n) is 14.6. The summed E-state index contributed by atoms with van der Waals surface area (Å²) in [4.78, 5) is 33.7. The van der Waals surface area contributed by atoms with E-state index in [9.17, 15) is 14.4 Å². The topological polar surface area (TPSA) is 116 Å². The van der Waals surface area contributed by atoms with E-state index >= 15 is 0 Å². The van der Waals surface area contributed by atoms with Crippen LogP contribution < -0.4 is 11.1 Å². The van der Waals surface area contributed by atoms with E-state index in [1.165, 1.54) is 6.08 Å². The summed E-state index contributed by atoms with van der Waals surface area (Å²) < 4.78 is 6.60. The van der Waals surface area contributed by atoms with Gasteiger partial charge in [-0.25, -0.2) is 9.48 Å². The molecule has 2 aromatic rings. The minimum absolute atomic E-state index is 0.302. The van der Waals surface area contributed by atoms with Crippen molar-refractivity contribution in [2.45, 2.75) is 13.8 Å². The fourth-order valence-electron chi connectivity index (χ4n) is 2.29. The van der Waals surface area contributed by atoms with Crippen LogP contribution in [0.5, 0.6) is 0 Å². The summed E-state index contributed by atoms with van der Waals surface area (Å²) in [5.74, 6) is -1.95. The number of aromatic nitrogens is 2. The average molecular weight is 356 g/mol. The number of carbonyl (C=O) groups is 3. The summed E-state index contributed by atoms with van der Waals surface area (Å²) in [5.41, 5.74) is 8.25. The van der Waals surface area contributed by atoms with Crippen molar-refractivity contribution in [1.82, 2.24) is 15.1 Å². The molecule has 0 radical (unpaired) electrons. The molecule has 2 rings (SSSR count). The van der Waals surface area contributed by atoms with Crippen LogP contribution in [0.4, 0.5) is 0 Å². The molecular weight excluding hydrogens is 336 g/mol. The highest BCUT2D eigenvalue weighted by molar-refractivity contribution is 5.90. The van der Waals surface area contributed by atoms with Gasteiger partial charge in [-0.15, -0.1) is 0 Å². The third-order valence-electron chi connectivity index (χ3n) is 3.54. The molecule has 1 aromatic carbocycles. The van der Waals surface area contributed by atoms with Gasteiger partial charge in [0, 0.05) is 17.3 Å². The van der Waals surface area contributed by atoms with Crippen LogP contribution in [0.3, 0.4) is 0 Å². The maximum Gasteiger partial charge on any atom is 0.331 e. The first-order valence-corrected chi connectivity index (χ1v) is 7.90. The number of aryl methyl sites for hydroxylation is 1. The lowest BCUT2D eigenvalue weighted by Crippen LogP contribution is -2.35. The molecule has 0 aliphatic carbocycles. The number of para-hydroxylation sites is 1. The van der Waals surface area contributed by atoms with Crippen LogP contribution in [-0.2, 0) is 19.1 Å². The van der Waals surface area contributed by atoms with Crippen molar-refractivity contribution < 1.29 is 19.1 Å². The summed E-state index contributed by atoms with van der Waals surface area (Å²) in [6.45, 7) is 2.95. The van der Waals surface area contributed by atoms with Crippen LogP contribution >= 0.6 is 0 Å². The number of nitrogens with zero attached hydrogens (tertiary/aromatic N) is 2. The van der Waals surface area contributed by atoms with Crippen molar-refractivity contribution in [1.29, 1.82) is 0 Å². The molecule has 0 unspecified atom stereocenters. The van der Waals surface area contributed by atoms with Gasteiger partial charge >= 0.3 is 5.97 Å². The first-order valence-electron chi connectivity index (χ1n) is 7.90. The van der Waals surface area contributed by atoms with Crippen LogP contribution in [-0.4, -0.2) is 40.7 Å². The Morgan fingerprint density at radius 3 is 2.58 bits per heavy atom. The zero-order chi connectivity index (χ0) is 19.1. The van der Waals surface area contributed by atoms with Crippen LogP contribution in [0.2, 0.25) is 0 Å². The Morgan fingerprint density at radius 2 is 1.92 bits per heavy atom. The predicted molar refractivity (Wildman–Crippen MR) is 95.2 cm³/mol. The van der Waals surface area contributed by atoms with Crippen molar-refractivity contribution >= 4 is 23.9 Å². The van der Waals surface area contributed by atoms with Crippen molar-refractivity contribution in [3.8, 4) is 5.69 Å². The van der Waals surface area contributed by atoms with Crippen molar-refractivity contribution in [2.24, 2.45) is 5.73 Å². The van der Waals surface area contributed by atoms with Crippen molar-refractivity contribution in [2.75, 3.05) is 13.2 Å². The Balaban J connectivity index is 2.00. The van der Waals surface area contributed by atoms with Gasteiger partial charge in [-0.2, -0.15) is 5.10 Å². The summed E-state index contributed by atoms with van der Waals surface area (Å²) in [7, 11) is 0. The molecule has 0 aliphatic rings. The molecule has 0 saturated carbocycles. The zero-order valence-corrected chi connectivity index (χ0v) is 14.6. The summed E-state index contributed by atoms with van der Waals surface area (Å²) in [6.07, 6.45) is 2.83. The van der Waals surface area contributed by atoms with Gasteiger partial charge in [-0.3, -0.25) is 9.59 Å². The molecule has 136 valence electrons.